The van der Waals surface area contributed by atoms with E-state index in [1.165, 1.54) is 0 Å². The lowest BCUT2D eigenvalue weighted by atomic mass is 10.0. The van der Waals surface area contributed by atoms with Crippen LogP contribution in [-0.2, 0) is 4.79 Å². The van der Waals surface area contributed by atoms with Crippen LogP contribution < -0.4 is 5.73 Å². The molecule has 1 aromatic carbocycles. The number of hydrogen-bond donors (Lipinski definition) is 1. The van der Waals surface area contributed by atoms with Crippen LogP contribution in [0.4, 0.5) is 0 Å². The van der Waals surface area contributed by atoms with Crippen molar-refractivity contribution < 1.29 is 4.79 Å². The number of rotatable bonds is 3. The number of nitrogens with zero attached hydrogens (tertiary/aromatic N) is 1. The van der Waals surface area contributed by atoms with Gasteiger partial charge >= 0.3 is 0 Å². The summed E-state index contributed by atoms with van der Waals surface area (Å²) in [6, 6.07) is 8.19. The Bertz CT molecular complexity index is 481. The summed E-state index contributed by atoms with van der Waals surface area (Å²) in [6.45, 7) is 5.49. The molecule has 1 aliphatic heterocycles. The lowest BCUT2D eigenvalue weighted by Crippen LogP contribution is -2.51. The fourth-order valence-corrected chi connectivity index (χ4v) is 3.76. The maximum atomic E-state index is 12.7. The molecule has 1 aliphatic rings. The highest BCUT2D eigenvalue weighted by molar-refractivity contribution is 9.10. The van der Waals surface area contributed by atoms with Gasteiger partial charge in [0.1, 0.15) is 0 Å². The van der Waals surface area contributed by atoms with Gasteiger partial charge in [0.25, 0.3) is 0 Å². The van der Waals surface area contributed by atoms with Crippen LogP contribution in [0.15, 0.2) is 33.6 Å². The van der Waals surface area contributed by atoms with Crippen LogP contribution in [0.1, 0.15) is 26.7 Å². The molecule has 1 fully saturated rings. The van der Waals surface area contributed by atoms with Gasteiger partial charge in [-0.2, -0.15) is 0 Å². The van der Waals surface area contributed by atoms with Crippen LogP contribution in [0.25, 0.3) is 0 Å². The zero-order valence-electron chi connectivity index (χ0n) is 12.3. The van der Waals surface area contributed by atoms with Gasteiger partial charge in [-0.15, -0.1) is 24.2 Å². The molecule has 1 atom stereocenters. The van der Waals surface area contributed by atoms with E-state index in [1.54, 1.807) is 11.8 Å². The second kappa shape index (κ2) is 7.86. The molecule has 21 heavy (non-hydrogen) atoms. The van der Waals surface area contributed by atoms with Crippen molar-refractivity contribution in [3.05, 3.63) is 28.7 Å². The van der Waals surface area contributed by atoms with Crippen molar-refractivity contribution in [2.45, 2.75) is 42.4 Å². The Morgan fingerprint density at radius 1 is 1.38 bits per heavy atom. The molecule has 0 spiro atoms. The number of carbonyl (C=O) groups excluding carboxylic acids is 1. The number of halogens is 2. The van der Waals surface area contributed by atoms with Crippen molar-refractivity contribution in [3.8, 4) is 0 Å². The van der Waals surface area contributed by atoms with E-state index < -0.39 is 4.75 Å². The van der Waals surface area contributed by atoms with Gasteiger partial charge in [-0.1, -0.05) is 15.9 Å². The Labute approximate surface area is 145 Å². The molecule has 118 valence electrons. The molecule has 0 bridgehead atoms. The largest absolute Gasteiger partial charge is 0.340 e. The molecule has 3 nitrogen and oxygen atoms in total. The number of thioether (sulfide) groups is 1. The molecule has 1 amide bonds. The Balaban J connectivity index is 0.00000220. The maximum Gasteiger partial charge on any atom is 0.238 e. The van der Waals surface area contributed by atoms with Gasteiger partial charge < -0.3 is 10.6 Å². The second-order valence-electron chi connectivity index (χ2n) is 5.72. The summed E-state index contributed by atoms with van der Waals surface area (Å²) in [5.41, 5.74) is 5.97. The van der Waals surface area contributed by atoms with Crippen LogP contribution >= 0.6 is 40.1 Å². The van der Waals surface area contributed by atoms with Crippen molar-refractivity contribution in [2.24, 2.45) is 5.73 Å². The van der Waals surface area contributed by atoms with Gasteiger partial charge in [-0.05, 0) is 51.0 Å². The predicted molar refractivity (Wildman–Crippen MR) is 95.1 cm³/mol. The maximum absolute atomic E-state index is 12.7. The number of benzene rings is 1. The van der Waals surface area contributed by atoms with Crippen LogP contribution in [0, 0.1) is 0 Å². The van der Waals surface area contributed by atoms with E-state index >= 15 is 0 Å². The fourth-order valence-electron chi connectivity index (χ4n) is 2.42. The molecule has 6 heteroatoms. The minimum atomic E-state index is -0.467. The summed E-state index contributed by atoms with van der Waals surface area (Å²) in [7, 11) is 0. The van der Waals surface area contributed by atoms with E-state index in [0.717, 1.165) is 28.8 Å². The average Bonchev–Trinajstić information content (AvgIpc) is 2.40. The minimum absolute atomic E-state index is 0. The fraction of sp³-hybridized carbons (Fsp3) is 0.533. The van der Waals surface area contributed by atoms with Crippen molar-refractivity contribution >= 4 is 46.0 Å². The Kier molecular flexibility index (Phi) is 7.04. The zero-order chi connectivity index (χ0) is 14.8. The predicted octanol–water partition coefficient (Wildman–Crippen LogP) is 3.69. The number of piperidine rings is 1. The zero-order valence-corrected chi connectivity index (χ0v) is 15.6. The van der Waals surface area contributed by atoms with Crippen LogP contribution in [0.3, 0.4) is 0 Å². The van der Waals surface area contributed by atoms with Crippen LogP contribution in [-0.4, -0.2) is 34.7 Å². The monoisotopic (exact) mass is 392 g/mol. The molecule has 1 heterocycles. The van der Waals surface area contributed by atoms with Gasteiger partial charge in [0.05, 0.1) is 4.75 Å². The summed E-state index contributed by atoms with van der Waals surface area (Å²) in [4.78, 5) is 15.7. The summed E-state index contributed by atoms with van der Waals surface area (Å²) < 4.78 is 0.582. The Morgan fingerprint density at radius 2 is 2.00 bits per heavy atom. The van der Waals surface area contributed by atoms with Crippen molar-refractivity contribution in [3.63, 3.8) is 0 Å². The molecule has 1 aromatic rings. The summed E-state index contributed by atoms with van der Waals surface area (Å²) in [5, 5.41) is 0. The van der Waals surface area contributed by atoms with E-state index in [-0.39, 0.29) is 24.4 Å². The van der Waals surface area contributed by atoms with E-state index in [2.05, 4.69) is 15.9 Å². The topological polar surface area (TPSA) is 46.3 Å². The molecule has 2 rings (SSSR count). The molecule has 0 aliphatic carbocycles. The smallest absolute Gasteiger partial charge is 0.238 e. The molecule has 0 radical (unpaired) electrons. The molecular weight excluding hydrogens is 372 g/mol. The third-order valence-corrected chi connectivity index (χ3v) is 5.17. The first kappa shape index (κ1) is 18.8. The number of carbonyl (C=O) groups is 1. The first-order valence-corrected chi connectivity index (χ1v) is 8.49. The second-order valence-corrected chi connectivity index (χ2v) is 8.33. The highest BCUT2D eigenvalue weighted by Crippen LogP contribution is 2.35. The number of amides is 1. The quantitative estimate of drug-likeness (QED) is 0.797. The highest BCUT2D eigenvalue weighted by Gasteiger charge is 2.34. The van der Waals surface area contributed by atoms with Gasteiger partial charge in [-0.3, -0.25) is 4.79 Å². The lowest BCUT2D eigenvalue weighted by Gasteiger charge is -2.36. The van der Waals surface area contributed by atoms with Crippen molar-refractivity contribution in [1.82, 2.24) is 4.90 Å². The molecule has 1 unspecified atom stereocenters. The van der Waals surface area contributed by atoms with Gasteiger partial charge in [0.15, 0.2) is 0 Å². The molecule has 0 aromatic heterocycles. The lowest BCUT2D eigenvalue weighted by molar-refractivity contribution is -0.134. The first-order chi connectivity index (χ1) is 9.38. The van der Waals surface area contributed by atoms with E-state index in [4.69, 9.17) is 5.73 Å². The van der Waals surface area contributed by atoms with E-state index in [1.807, 2.05) is 43.0 Å². The normalized spacial score (nSPS) is 19.0. The minimum Gasteiger partial charge on any atom is -0.340 e. The first-order valence-electron chi connectivity index (χ1n) is 6.88. The van der Waals surface area contributed by atoms with Crippen LogP contribution in [0.2, 0.25) is 0 Å². The van der Waals surface area contributed by atoms with Gasteiger partial charge in [0, 0.05) is 28.5 Å². The van der Waals surface area contributed by atoms with Crippen molar-refractivity contribution in [2.75, 3.05) is 13.1 Å². The molecular formula is C15H22BrClN2OS. The number of likely N-dealkylation sites (tertiary alicyclic amines) is 1. The molecule has 2 N–H and O–H groups in total. The average molecular weight is 394 g/mol. The Hall–Kier alpha value is -0.230. The van der Waals surface area contributed by atoms with Gasteiger partial charge in [-0.25, -0.2) is 0 Å². The SMILES string of the molecule is CC(C)(Sc1ccc(Br)cc1)C(=O)N1CCCC(N)C1.Cl. The van der Waals surface area contributed by atoms with Crippen molar-refractivity contribution in [1.29, 1.82) is 0 Å². The summed E-state index contributed by atoms with van der Waals surface area (Å²) in [6.07, 6.45) is 2.02. The number of hydrogen-bond acceptors (Lipinski definition) is 3. The molecule has 0 saturated carbocycles. The van der Waals surface area contributed by atoms with E-state index in [0.29, 0.717) is 6.54 Å². The standard InChI is InChI=1S/C15H21BrN2OS.ClH/c1-15(2,20-13-7-5-11(16)6-8-13)14(19)18-9-3-4-12(17)10-18;/h5-8,12H,3-4,9-10,17H2,1-2H3;1H. The Morgan fingerprint density at radius 3 is 2.57 bits per heavy atom. The third kappa shape index (κ3) is 5.16. The number of nitrogens with two attached hydrogens (primary N) is 1. The van der Waals surface area contributed by atoms with E-state index in [9.17, 15) is 4.79 Å². The summed E-state index contributed by atoms with van der Waals surface area (Å²) in [5.74, 6) is 0.181. The summed E-state index contributed by atoms with van der Waals surface area (Å²) >= 11 is 5.03. The third-order valence-electron chi connectivity index (χ3n) is 3.45. The van der Waals surface area contributed by atoms with Crippen LogP contribution in [0.5, 0.6) is 0 Å². The van der Waals surface area contributed by atoms with Gasteiger partial charge in [0.2, 0.25) is 5.91 Å². The highest BCUT2D eigenvalue weighted by atomic mass is 79.9. The molecule has 1 saturated heterocycles.